The number of rotatable bonds is 5. The van der Waals surface area contributed by atoms with Crippen LogP contribution in [0, 0.1) is 6.92 Å². The summed E-state index contributed by atoms with van der Waals surface area (Å²) < 4.78 is 0. The lowest BCUT2D eigenvalue weighted by molar-refractivity contribution is -0.117. The fourth-order valence-electron chi connectivity index (χ4n) is 2.27. The number of halogens is 1. The van der Waals surface area contributed by atoms with Crippen molar-refractivity contribution in [3.8, 4) is 0 Å². The molecule has 0 aliphatic heterocycles. The molecule has 0 heterocycles. The van der Waals surface area contributed by atoms with E-state index in [4.69, 9.17) is 11.6 Å². The first-order valence-corrected chi connectivity index (χ1v) is 7.74. The number of nitrogens with one attached hydrogen (secondary N) is 1. The molecule has 0 spiro atoms. The van der Waals surface area contributed by atoms with Crippen molar-refractivity contribution in [3.05, 3.63) is 59.1 Å². The summed E-state index contributed by atoms with van der Waals surface area (Å²) in [7, 11) is 0. The summed E-state index contributed by atoms with van der Waals surface area (Å²) in [4.78, 5) is 25.5. The molecule has 0 aliphatic rings. The smallest absolute Gasteiger partial charge is 0.226 e. The maximum atomic E-state index is 12.1. The van der Waals surface area contributed by atoms with Crippen molar-refractivity contribution >= 4 is 34.8 Å². The molecule has 1 N–H and O–H groups in total. The Kier molecular flexibility index (Phi) is 5.77. The van der Waals surface area contributed by atoms with Gasteiger partial charge in [0, 0.05) is 36.3 Å². The van der Waals surface area contributed by atoms with Gasteiger partial charge in [-0.3, -0.25) is 9.59 Å². The average molecular weight is 331 g/mol. The molecule has 0 saturated carbocycles. The molecular formula is C18H19ClN2O2. The predicted octanol–water partition coefficient (Wildman–Crippen LogP) is 4.03. The van der Waals surface area contributed by atoms with E-state index in [9.17, 15) is 9.59 Å². The van der Waals surface area contributed by atoms with Crippen molar-refractivity contribution in [2.75, 3.05) is 16.8 Å². The molecule has 0 atom stereocenters. The Balaban J connectivity index is 1.98. The first kappa shape index (κ1) is 17.0. The van der Waals surface area contributed by atoms with E-state index in [2.05, 4.69) is 5.32 Å². The van der Waals surface area contributed by atoms with Crippen molar-refractivity contribution in [2.45, 2.75) is 20.3 Å². The van der Waals surface area contributed by atoms with Crippen LogP contribution in [0.15, 0.2) is 48.5 Å². The Morgan fingerprint density at radius 3 is 2.43 bits per heavy atom. The second-order valence-electron chi connectivity index (χ2n) is 5.26. The minimum atomic E-state index is -0.141. The number of aryl methyl sites for hydroxylation is 1. The molecule has 2 amide bonds. The maximum absolute atomic E-state index is 12.1. The Morgan fingerprint density at radius 1 is 1.13 bits per heavy atom. The zero-order valence-electron chi connectivity index (χ0n) is 13.2. The van der Waals surface area contributed by atoms with Crippen molar-refractivity contribution < 1.29 is 9.59 Å². The standard InChI is InChI=1S/C18H19ClN2O2/c1-13-12-15(19)8-9-17(13)20-18(23)10-11-21(14(2)22)16-6-4-3-5-7-16/h3-9,12H,10-11H2,1-2H3,(H,20,23). The summed E-state index contributed by atoms with van der Waals surface area (Å²) >= 11 is 5.90. The highest BCUT2D eigenvalue weighted by atomic mass is 35.5. The number of amides is 2. The molecule has 0 aliphatic carbocycles. The lowest BCUT2D eigenvalue weighted by Gasteiger charge is -2.21. The van der Waals surface area contributed by atoms with Crippen LogP contribution in [0.25, 0.3) is 0 Å². The van der Waals surface area contributed by atoms with Crippen LogP contribution in [0.4, 0.5) is 11.4 Å². The summed E-state index contributed by atoms with van der Waals surface area (Å²) in [6.07, 6.45) is 0.219. The minimum absolute atomic E-state index is 0.0910. The van der Waals surface area contributed by atoms with E-state index in [-0.39, 0.29) is 18.2 Å². The fourth-order valence-corrected chi connectivity index (χ4v) is 2.50. The number of hydrogen-bond acceptors (Lipinski definition) is 2. The Bertz CT molecular complexity index is 701. The number of anilines is 2. The molecule has 0 unspecified atom stereocenters. The van der Waals surface area contributed by atoms with Crippen LogP contribution in [0.2, 0.25) is 5.02 Å². The van der Waals surface area contributed by atoms with Crippen LogP contribution >= 0.6 is 11.6 Å². The van der Waals surface area contributed by atoms with Gasteiger partial charge < -0.3 is 10.2 Å². The number of benzene rings is 2. The number of nitrogens with zero attached hydrogens (tertiary/aromatic N) is 1. The van der Waals surface area contributed by atoms with Gasteiger partial charge >= 0.3 is 0 Å². The van der Waals surface area contributed by atoms with Crippen molar-refractivity contribution in [1.82, 2.24) is 0 Å². The Labute approximate surface area is 141 Å². The third-order valence-electron chi connectivity index (χ3n) is 3.47. The van der Waals surface area contributed by atoms with Crippen molar-refractivity contribution in [1.29, 1.82) is 0 Å². The molecule has 2 aromatic rings. The van der Waals surface area contributed by atoms with Gasteiger partial charge in [0.25, 0.3) is 0 Å². The van der Waals surface area contributed by atoms with Crippen LogP contribution < -0.4 is 10.2 Å². The number of carbonyl (C=O) groups excluding carboxylic acids is 2. The summed E-state index contributed by atoms with van der Waals surface area (Å²) in [5.41, 5.74) is 2.42. The normalized spacial score (nSPS) is 10.2. The molecule has 0 aromatic heterocycles. The summed E-state index contributed by atoms with van der Waals surface area (Å²) in [6.45, 7) is 3.71. The molecular weight excluding hydrogens is 312 g/mol. The second kappa shape index (κ2) is 7.79. The van der Waals surface area contributed by atoms with Gasteiger partial charge in [-0.25, -0.2) is 0 Å². The van der Waals surface area contributed by atoms with E-state index >= 15 is 0 Å². The van der Waals surface area contributed by atoms with E-state index in [1.54, 1.807) is 23.1 Å². The van der Waals surface area contributed by atoms with Gasteiger partial charge in [-0.1, -0.05) is 29.8 Å². The Morgan fingerprint density at radius 2 is 1.83 bits per heavy atom. The molecule has 5 heteroatoms. The highest BCUT2D eigenvalue weighted by Crippen LogP contribution is 2.20. The second-order valence-corrected chi connectivity index (χ2v) is 5.70. The SMILES string of the molecule is CC(=O)N(CCC(=O)Nc1ccc(Cl)cc1C)c1ccccc1. The molecule has 23 heavy (non-hydrogen) atoms. The zero-order valence-corrected chi connectivity index (χ0v) is 13.9. The quantitative estimate of drug-likeness (QED) is 0.899. The molecule has 0 bridgehead atoms. The van der Waals surface area contributed by atoms with E-state index in [1.807, 2.05) is 37.3 Å². The van der Waals surface area contributed by atoms with Gasteiger partial charge in [0.1, 0.15) is 0 Å². The highest BCUT2D eigenvalue weighted by Gasteiger charge is 2.13. The third-order valence-corrected chi connectivity index (χ3v) is 3.71. The third kappa shape index (κ3) is 4.83. The van der Waals surface area contributed by atoms with E-state index in [0.29, 0.717) is 11.6 Å². The Hall–Kier alpha value is -2.33. The van der Waals surface area contributed by atoms with E-state index in [0.717, 1.165) is 16.9 Å². The van der Waals surface area contributed by atoms with Crippen LogP contribution in [0.1, 0.15) is 18.9 Å². The van der Waals surface area contributed by atoms with Gasteiger partial charge in [0.15, 0.2) is 0 Å². The first-order valence-electron chi connectivity index (χ1n) is 7.36. The van der Waals surface area contributed by atoms with Gasteiger partial charge in [-0.05, 0) is 42.8 Å². The average Bonchev–Trinajstić information content (AvgIpc) is 2.51. The van der Waals surface area contributed by atoms with Gasteiger partial charge in [0.05, 0.1) is 0 Å². The molecule has 2 rings (SSSR count). The van der Waals surface area contributed by atoms with E-state index < -0.39 is 0 Å². The molecule has 0 fully saturated rings. The van der Waals surface area contributed by atoms with Crippen LogP contribution in [-0.2, 0) is 9.59 Å². The van der Waals surface area contributed by atoms with E-state index in [1.165, 1.54) is 6.92 Å². The zero-order chi connectivity index (χ0) is 16.8. The van der Waals surface area contributed by atoms with Gasteiger partial charge in [-0.2, -0.15) is 0 Å². The lowest BCUT2D eigenvalue weighted by Crippen LogP contribution is -2.31. The lowest BCUT2D eigenvalue weighted by atomic mass is 10.2. The van der Waals surface area contributed by atoms with Gasteiger partial charge in [-0.15, -0.1) is 0 Å². The largest absolute Gasteiger partial charge is 0.326 e. The van der Waals surface area contributed by atoms with Crippen LogP contribution in [-0.4, -0.2) is 18.4 Å². The summed E-state index contributed by atoms with van der Waals surface area (Å²) in [5.74, 6) is -0.232. The number of hydrogen-bond donors (Lipinski definition) is 1. The monoisotopic (exact) mass is 330 g/mol. The topological polar surface area (TPSA) is 49.4 Å². The highest BCUT2D eigenvalue weighted by molar-refractivity contribution is 6.30. The minimum Gasteiger partial charge on any atom is -0.326 e. The van der Waals surface area contributed by atoms with Crippen molar-refractivity contribution in [3.63, 3.8) is 0 Å². The molecule has 2 aromatic carbocycles. The van der Waals surface area contributed by atoms with Gasteiger partial charge in [0.2, 0.25) is 11.8 Å². The number of carbonyl (C=O) groups is 2. The molecule has 120 valence electrons. The summed E-state index contributed by atoms with van der Waals surface area (Å²) in [6, 6.07) is 14.6. The molecule has 4 nitrogen and oxygen atoms in total. The first-order chi connectivity index (χ1) is 11.0. The van der Waals surface area contributed by atoms with Crippen LogP contribution in [0.3, 0.4) is 0 Å². The predicted molar refractivity (Wildman–Crippen MR) is 93.9 cm³/mol. The fraction of sp³-hybridized carbons (Fsp3) is 0.222. The molecule has 0 saturated heterocycles. The maximum Gasteiger partial charge on any atom is 0.226 e. The van der Waals surface area contributed by atoms with Crippen LogP contribution in [0.5, 0.6) is 0 Å². The van der Waals surface area contributed by atoms with Crippen molar-refractivity contribution in [2.24, 2.45) is 0 Å². The summed E-state index contributed by atoms with van der Waals surface area (Å²) in [5, 5.41) is 3.48. The number of para-hydroxylation sites is 1. The molecule has 0 radical (unpaired) electrons.